The molecule has 20 heavy (non-hydrogen) atoms. The van der Waals surface area contributed by atoms with Crippen molar-refractivity contribution in [3.8, 4) is 0 Å². The summed E-state index contributed by atoms with van der Waals surface area (Å²) in [6.07, 6.45) is -1.71. The maximum absolute atomic E-state index is 12.8. The zero-order valence-electron chi connectivity index (χ0n) is 12.1. The fraction of sp³-hybridized carbons (Fsp3) is 1.00. The van der Waals surface area contributed by atoms with Crippen LogP contribution in [-0.2, 0) is 0 Å². The second kappa shape index (κ2) is 6.20. The standard InChI is InChI=1S/C14H25F3N2O/c1-2-18-8-4-6-13(20,10-18)11-19-7-3-5-12(9-19)14(15,16)17/h12,20H,2-11H2,1H3/t12-,13-/m1/s1. The quantitative estimate of drug-likeness (QED) is 0.863. The minimum atomic E-state index is -4.11. The molecule has 2 heterocycles. The normalized spacial score (nSPS) is 34.4. The Morgan fingerprint density at radius 3 is 2.55 bits per heavy atom. The summed E-state index contributed by atoms with van der Waals surface area (Å²) in [7, 11) is 0. The van der Waals surface area contributed by atoms with Crippen LogP contribution in [0.2, 0.25) is 0 Å². The molecule has 2 rings (SSSR count). The molecule has 2 fully saturated rings. The van der Waals surface area contributed by atoms with Crippen LogP contribution >= 0.6 is 0 Å². The van der Waals surface area contributed by atoms with Crippen molar-refractivity contribution < 1.29 is 18.3 Å². The minimum Gasteiger partial charge on any atom is -0.387 e. The van der Waals surface area contributed by atoms with Gasteiger partial charge in [0.25, 0.3) is 0 Å². The molecule has 0 bridgehead atoms. The lowest BCUT2D eigenvalue weighted by molar-refractivity contribution is -0.189. The van der Waals surface area contributed by atoms with Crippen molar-refractivity contribution >= 4 is 0 Å². The molecule has 2 aliphatic heterocycles. The lowest BCUT2D eigenvalue weighted by atomic mass is 9.90. The van der Waals surface area contributed by atoms with E-state index in [1.54, 1.807) is 4.90 Å². The third kappa shape index (κ3) is 4.09. The van der Waals surface area contributed by atoms with Gasteiger partial charge in [-0.05, 0) is 45.3 Å². The molecule has 0 aromatic rings. The summed E-state index contributed by atoms with van der Waals surface area (Å²) in [6.45, 7) is 5.56. The molecular formula is C14H25F3N2O. The Bertz CT molecular complexity index is 324. The molecule has 0 radical (unpaired) electrons. The average molecular weight is 294 g/mol. The first-order valence-electron chi connectivity index (χ1n) is 7.56. The van der Waals surface area contributed by atoms with Gasteiger partial charge in [0.1, 0.15) is 0 Å². The Labute approximate surface area is 118 Å². The third-order valence-corrected chi connectivity index (χ3v) is 4.57. The SMILES string of the molecule is CCN1CCC[C@](O)(CN2CCC[C@@H](C(F)(F)F)C2)C1. The molecular weight excluding hydrogens is 269 g/mol. The van der Waals surface area contributed by atoms with Crippen LogP contribution in [0.25, 0.3) is 0 Å². The number of halogens is 3. The molecule has 6 heteroatoms. The van der Waals surface area contributed by atoms with E-state index in [0.29, 0.717) is 32.5 Å². The number of rotatable bonds is 3. The Kier molecular flexibility index (Phi) is 4.97. The van der Waals surface area contributed by atoms with Crippen LogP contribution in [0, 0.1) is 5.92 Å². The van der Waals surface area contributed by atoms with Crippen molar-refractivity contribution in [2.75, 3.05) is 39.3 Å². The van der Waals surface area contributed by atoms with Crippen molar-refractivity contribution in [3.63, 3.8) is 0 Å². The van der Waals surface area contributed by atoms with Crippen LogP contribution in [0.15, 0.2) is 0 Å². The number of nitrogens with zero attached hydrogens (tertiary/aromatic N) is 2. The second-order valence-electron chi connectivity index (χ2n) is 6.31. The van der Waals surface area contributed by atoms with E-state index in [0.717, 1.165) is 19.5 Å². The summed E-state index contributed by atoms with van der Waals surface area (Å²) in [4.78, 5) is 3.98. The van der Waals surface area contributed by atoms with Crippen LogP contribution in [0.4, 0.5) is 13.2 Å². The van der Waals surface area contributed by atoms with Gasteiger partial charge in [0.2, 0.25) is 0 Å². The average Bonchev–Trinajstić information content (AvgIpc) is 2.37. The van der Waals surface area contributed by atoms with Gasteiger partial charge in [0.15, 0.2) is 0 Å². The van der Waals surface area contributed by atoms with Crippen molar-refractivity contribution in [2.24, 2.45) is 5.92 Å². The van der Waals surface area contributed by atoms with Gasteiger partial charge in [-0.3, -0.25) is 4.90 Å². The van der Waals surface area contributed by atoms with Gasteiger partial charge in [0.05, 0.1) is 11.5 Å². The van der Waals surface area contributed by atoms with E-state index >= 15 is 0 Å². The number of likely N-dealkylation sites (tertiary alicyclic amines) is 2. The van der Waals surface area contributed by atoms with Gasteiger partial charge >= 0.3 is 6.18 Å². The van der Waals surface area contributed by atoms with Gasteiger partial charge in [-0.25, -0.2) is 0 Å². The second-order valence-corrected chi connectivity index (χ2v) is 6.31. The number of likely N-dealkylation sites (N-methyl/N-ethyl adjacent to an activating group) is 1. The van der Waals surface area contributed by atoms with Crippen LogP contribution in [0.1, 0.15) is 32.6 Å². The molecule has 2 atom stereocenters. The van der Waals surface area contributed by atoms with E-state index in [9.17, 15) is 18.3 Å². The van der Waals surface area contributed by atoms with Gasteiger partial charge in [-0.1, -0.05) is 6.92 Å². The molecule has 0 spiro atoms. The molecule has 0 saturated carbocycles. The van der Waals surface area contributed by atoms with Crippen LogP contribution in [0.5, 0.6) is 0 Å². The predicted octanol–water partition coefficient (Wildman–Crippen LogP) is 2.11. The molecule has 0 aromatic heterocycles. The fourth-order valence-corrected chi connectivity index (χ4v) is 3.49. The molecule has 3 nitrogen and oxygen atoms in total. The first-order valence-corrected chi connectivity index (χ1v) is 7.56. The number of piperidine rings is 2. The number of β-amino-alcohol motifs (C(OH)–C–C–N with tert-alkyl or cyclic N) is 1. The highest BCUT2D eigenvalue weighted by Crippen LogP contribution is 2.34. The largest absolute Gasteiger partial charge is 0.393 e. The first kappa shape index (κ1) is 16.0. The molecule has 0 amide bonds. The van der Waals surface area contributed by atoms with Crippen molar-refractivity contribution in [2.45, 2.75) is 44.4 Å². The predicted molar refractivity (Wildman–Crippen MR) is 71.5 cm³/mol. The van der Waals surface area contributed by atoms with Crippen molar-refractivity contribution in [1.29, 1.82) is 0 Å². The summed E-state index contributed by atoms with van der Waals surface area (Å²) >= 11 is 0. The highest BCUT2D eigenvalue weighted by atomic mass is 19.4. The molecule has 0 unspecified atom stereocenters. The summed E-state index contributed by atoms with van der Waals surface area (Å²) in [5.41, 5.74) is -0.845. The number of hydrogen-bond acceptors (Lipinski definition) is 3. The monoisotopic (exact) mass is 294 g/mol. The summed E-state index contributed by atoms with van der Waals surface area (Å²) < 4.78 is 38.4. The van der Waals surface area contributed by atoms with Gasteiger partial charge in [-0.15, -0.1) is 0 Å². The van der Waals surface area contributed by atoms with E-state index in [-0.39, 0.29) is 13.0 Å². The molecule has 1 N–H and O–H groups in total. The van der Waals surface area contributed by atoms with Gasteiger partial charge in [-0.2, -0.15) is 13.2 Å². The molecule has 0 aromatic carbocycles. The molecule has 2 saturated heterocycles. The Balaban J connectivity index is 1.91. The zero-order chi connectivity index (χ0) is 14.8. The van der Waals surface area contributed by atoms with Crippen molar-refractivity contribution in [1.82, 2.24) is 9.80 Å². The number of hydrogen-bond donors (Lipinski definition) is 1. The summed E-state index contributed by atoms with van der Waals surface area (Å²) in [5.74, 6) is -1.23. The maximum Gasteiger partial charge on any atom is 0.393 e. The number of alkyl halides is 3. The molecule has 118 valence electrons. The molecule has 2 aliphatic rings. The number of aliphatic hydroxyl groups is 1. The summed E-state index contributed by atoms with van der Waals surface area (Å²) in [5, 5.41) is 10.6. The highest BCUT2D eigenvalue weighted by Gasteiger charge is 2.43. The maximum atomic E-state index is 12.8. The smallest absolute Gasteiger partial charge is 0.387 e. The van der Waals surface area contributed by atoms with Crippen LogP contribution in [-0.4, -0.2) is 66.0 Å². The van der Waals surface area contributed by atoms with Crippen molar-refractivity contribution in [3.05, 3.63) is 0 Å². The highest BCUT2D eigenvalue weighted by molar-refractivity contribution is 4.91. The third-order valence-electron chi connectivity index (χ3n) is 4.57. The minimum absolute atomic E-state index is 0.0396. The van der Waals surface area contributed by atoms with E-state index in [2.05, 4.69) is 4.90 Å². The topological polar surface area (TPSA) is 26.7 Å². The van der Waals surface area contributed by atoms with Gasteiger partial charge in [0, 0.05) is 19.6 Å². The van der Waals surface area contributed by atoms with Crippen LogP contribution < -0.4 is 0 Å². The Morgan fingerprint density at radius 2 is 1.90 bits per heavy atom. The lowest BCUT2D eigenvalue weighted by Crippen LogP contribution is -2.56. The Hall–Kier alpha value is -0.330. The van der Waals surface area contributed by atoms with Gasteiger partial charge < -0.3 is 10.0 Å². The summed E-state index contributed by atoms with van der Waals surface area (Å²) in [6, 6.07) is 0. The van der Waals surface area contributed by atoms with E-state index in [1.807, 2.05) is 6.92 Å². The zero-order valence-corrected chi connectivity index (χ0v) is 12.1. The lowest BCUT2D eigenvalue weighted by Gasteiger charge is -2.43. The van der Waals surface area contributed by atoms with E-state index in [1.165, 1.54) is 0 Å². The first-order chi connectivity index (χ1) is 9.32. The Morgan fingerprint density at radius 1 is 1.20 bits per heavy atom. The van der Waals surface area contributed by atoms with Crippen LogP contribution in [0.3, 0.4) is 0 Å². The fourth-order valence-electron chi connectivity index (χ4n) is 3.49. The molecule has 0 aliphatic carbocycles. The van der Waals surface area contributed by atoms with E-state index < -0.39 is 17.7 Å². The van der Waals surface area contributed by atoms with E-state index in [4.69, 9.17) is 0 Å².